The molecule has 14 heavy (non-hydrogen) atoms. The van der Waals surface area contributed by atoms with E-state index in [1.807, 2.05) is 0 Å². The summed E-state index contributed by atoms with van der Waals surface area (Å²) in [5, 5.41) is 0. The van der Waals surface area contributed by atoms with Gasteiger partial charge in [0.15, 0.2) is 0 Å². The Morgan fingerprint density at radius 1 is 1.21 bits per heavy atom. The van der Waals surface area contributed by atoms with Crippen LogP contribution in [0, 0.1) is 0 Å². The van der Waals surface area contributed by atoms with Crippen LogP contribution in [0.25, 0.3) is 0 Å². The van der Waals surface area contributed by atoms with Crippen LogP contribution in [0.3, 0.4) is 0 Å². The number of halogens is 7. The van der Waals surface area contributed by atoms with E-state index in [4.69, 9.17) is 45.0 Å². The molecule has 0 aliphatic carbocycles. The van der Waals surface area contributed by atoms with Gasteiger partial charge in [-0.15, -0.1) is 0 Å². The van der Waals surface area contributed by atoms with Crippen molar-refractivity contribution < 1.29 is 17.5 Å². The van der Waals surface area contributed by atoms with E-state index in [2.05, 4.69) is 0 Å². The Morgan fingerprint density at radius 3 is 1.71 bits per heavy atom. The molecule has 0 aromatic carbocycles. The van der Waals surface area contributed by atoms with Crippen LogP contribution in [0.15, 0.2) is 0 Å². The van der Waals surface area contributed by atoms with Crippen molar-refractivity contribution in [3.63, 3.8) is 0 Å². The first-order chi connectivity index (χ1) is 5.71. The van der Waals surface area contributed by atoms with Crippen molar-refractivity contribution >= 4 is 54.5 Å². The van der Waals surface area contributed by atoms with Crippen molar-refractivity contribution in [2.45, 2.75) is 6.18 Å². The SMILES string of the molecule is CN1C(C(F)(F)F)=[N+](C)[P-]1(Cl)(Cl)(Cl)Cl. The standard InChI is InChI=1S/C4H6Cl4F3N2P/c1-12-3(4(9,10)11)13(2)14(12,5,6,7)8/h1-2H3. The van der Waals surface area contributed by atoms with Crippen molar-refractivity contribution in [1.29, 1.82) is 0 Å². The first kappa shape index (κ1) is 12.9. The fourth-order valence-electron chi connectivity index (χ4n) is 1.11. The molecule has 0 bridgehead atoms. The predicted octanol–water partition coefficient (Wildman–Crippen LogP) is 4.07. The minimum atomic E-state index is -5.16. The van der Waals surface area contributed by atoms with E-state index in [0.29, 0.717) is 9.02 Å². The molecule has 0 spiro atoms. The van der Waals surface area contributed by atoms with Gasteiger partial charge in [0.05, 0.1) is 0 Å². The average molecular weight is 312 g/mol. The quantitative estimate of drug-likeness (QED) is 0.611. The summed E-state index contributed by atoms with van der Waals surface area (Å²) >= 11 is 22.7. The summed E-state index contributed by atoms with van der Waals surface area (Å²) in [7, 11) is 2.00. The molecule has 0 radical (unpaired) electrons. The van der Waals surface area contributed by atoms with Crippen LogP contribution in [0.5, 0.6) is 0 Å². The van der Waals surface area contributed by atoms with Crippen LogP contribution in [0.4, 0.5) is 13.2 Å². The predicted molar refractivity (Wildman–Crippen MR) is 55.3 cm³/mol. The summed E-state index contributed by atoms with van der Waals surface area (Å²) in [5.74, 6) is -1.07. The fourth-order valence-corrected chi connectivity index (χ4v) is 4.34. The zero-order valence-corrected chi connectivity index (χ0v) is 10.9. The maximum absolute atomic E-state index is 12.4. The van der Waals surface area contributed by atoms with Gasteiger partial charge in [-0.2, -0.15) is 0 Å². The molecule has 0 fully saturated rings. The van der Waals surface area contributed by atoms with Gasteiger partial charge in [0, 0.05) is 0 Å². The summed E-state index contributed by atoms with van der Waals surface area (Å²) < 4.78 is 32.8. The Hall–Kier alpha value is 0.850. The molecule has 0 unspecified atom stereocenters. The van der Waals surface area contributed by atoms with Gasteiger partial charge in [0.2, 0.25) is 0 Å². The van der Waals surface area contributed by atoms with Gasteiger partial charge in [-0.05, 0) is 0 Å². The third-order valence-electron chi connectivity index (χ3n) is 2.04. The van der Waals surface area contributed by atoms with Crippen molar-refractivity contribution in [1.82, 2.24) is 4.67 Å². The van der Waals surface area contributed by atoms with Crippen LogP contribution in [-0.2, 0) is 0 Å². The Kier molecular flexibility index (Phi) is 2.22. The van der Waals surface area contributed by atoms with Crippen molar-refractivity contribution in [3.05, 3.63) is 0 Å². The van der Waals surface area contributed by atoms with Gasteiger partial charge >= 0.3 is 96.9 Å². The molecule has 0 aromatic heterocycles. The zero-order chi connectivity index (χ0) is 11.6. The average Bonchev–Trinajstić information content (AvgIpc) is 1.81. The third kappa shape index (κ3) is 1.49. The molecule has 0 aromatic rings. The van der Waals surface area contributed by atoms with Gasteiger partial charge in [0.1, 0.15) is 0 Å². The van der Waals surface area contributed by atoms with Gasteiger partial charge < -0.3 is 0 Å². The normalized spacial score (nSPS) is 33.6. The molecule has 1 aliphatic rings. The second kappa shape index (κ2) is 2.40. The molecule has 86 valence electrons. The minimum absolute atomic E-state index is 0.469. The Labute approximate surface area is 96.9 Å². The number of nitrogens with zero attached hydrogens (tertiary/aromatic N) is 2. The molecule has 0 atom stereocenters. The Bertz CT molecular complexity index is 341. The molecule has 0 saturated carbocycles. The summed E-state index contributed by atoms with van der Waals surface area (Å²) in [6, 6.07) is 0. The van der Waals surface area contributed by atoms with Crippen LogP contribution in [0.2, 0.25) is 0 Å². The number of hydrogen-bond donors (Lipinski definition) is 0. The summed E-state index contributed by atoms with van der Waals surface area (Å²) in [5.41, 5.74) is 0. The van der Waals surface area contributed by atoms with E-state index < -0.39 is 15.7 Å². The molecule has 0 saturated heterocycles. The molecule has 2 nitrogen and oxygen atoms in total. The summed E-state index contributed by atoms with van der Waals surface area (Å²) in [4.78, 5) is 0. The van der Waals surface area contributed by atoms with E-state index in [9.17, 15) is 13.2 Å². The number of amidine groups is 1. The van der Waals surface area contributed by atoms with E-state index in [1.165, 1.54) is 0 Å². The first-order valence-corrected chi connectivity index (χ1v) is 9.44. The van der Waals surface area contributed by atoms with E-state index in [0.717, 1.165) is 14.1 Å². The summed E-state index contributed by atoms with van der Waals surface area (Å²) in [6.07, 6.45) is -4.59. The van der Waals surface area contributed by atoms with E-state index in [1.54, 1.807) is 0 Å². The molecular formula is C4H6Cl4F3N2P. The second-order valence-electron chi connectivity index (χ2n) is 2.95. The molecule has 10 heteroatoms. The Morgan fingerprint density at radius 2 is 1.57 bits per heavy atom. The monoisotopic (exact) mass is 310 g/mol. The van der Waals surface area contributed by atoms with E-state index >= 15 is 0 Å². The van der Waals surface area contributed by atoms with Crippen LogP contribution in [-0.4, -0.2) is 35.1 Å². The van der Waals surface area contributed by atoms with Gasteiger partial charge in [-0.25, -0.2) is 0 Å². The first-order valence-electron chi connectivity index (χ1n) is 3.23. The third-order valence-corrected chi connectivity index (χ3v) is 10.2. The number of rotatable bonds is 0. The molecule has 0 N–H and O–H groups in total. The molecule has 1 rings (SSSR count). The topological polar surface area (TPSA) is 6.25 Å². The fraction of sp³-hybridized carbons (Fsp3) is 0.750. The second-order valence-corrected chi connectivity index (χ2v) is 19.1. The number of alkyl halides is 3. The van der Waals surface area contributed by atoms with Gasteiger partial charge in [0.25, 0.3) is 0 Å². The maximum atomic E-state index is 12.4. The Balaban J connectivity index is 3.42. The van der Waals surface area contributed by atoms with Crippen LogP contribution < -0.4 is 0 Å². The van der Waals surface area contributed by atoms with Gasteiger partial charge in [-0.3, -0.25) is 0 Å². The van der Waals surface area contributed by atoms with Crippen molar-refractivity contribution in [3.8, 4) is 0 Å². The van der Waals surface area contributed by atoms with Gasteiger partial charge in [-0.1, -0.05) is 0 Å². The van der Waals surface area contributed by atoms with Crippen molar-refractivity contribution in [2.24, 2.45) is 0 Å². The zero-order valence-electron chi connectivity index (χ0n) is 6.99. The molecule has 0 amide bonds. The van der Waals surface area contributed by atoms with Crippen LogP contribution >= 0.6 is 48.6 Å². The number of hydrogen-bond acceptors (Lipinski definition) is 1. The molecule has 1 heterocycles. The van der Waals surface area contributed by atoms with Crippen molar-refractivity contribution in [2.75, 3.05) is 14.1 Å². The summed E-state index contributed by atoms with van der Waals surface area (Å²) in [6.45, 7) is 0. The molecular weight excluding hydrogens is 306 g/mol. The van der Waals surface area contributed by atoms with E-state index in [-0.39, 0.29) is 0 Å². The van der Waals surface area contributed by atoms with Crippen LogP contribution in [0.1, 0.15) is 0 Å². The molecule has 1 aliphatic heterocycles.